The van der Waals surface area contributed by atoms with Gasteiger partial charge in [-0.2, -0.15) is 5.10 Å². The van der Waals surface area contributed by atoms with Gasteiger partial charge in [0.05, 0.1) is 18.5 Å². The van der Waals surface area contributed by atoms with Crippen LogP contribution in [0, 0.1) is 13.8 Å². The molecule has 28 heavy (non-hydrogen) atoms. The molecule has 8 heteroatoms. The van der Waals surface area contributed by atoms with Gasteiger partial charge in [-0.15, -0.1) is 0 Å². The molecule has 1 unspecified atom stereocenters. The molecule has 3 heterocycles. The van der Waals surface area contributed by atoms with Crippen LogP contribution < -0.4 is 11.1 Å². The molecule has 0 aromatic carbocycles. The van der Waals surface area contributed by atoms with E-state index in [-0.39, 0.29) is 11.9 Å². The number of hydrogen-bond donors (Lipinski definition) is 2. The quantitative estimate of drug-likeness (QED) is 0.703. The van der Waals surface area contributed by atoms with E-state index in [0.717, 1.165) is 47.5 Å². The number of carbonyl (C=O) groups is 2. The molecule has 3 N–H and O–H groups in total. The highest BCUT2D eigenvalue weighted by Crippen LogP contribution is 2.30. The van der Waals surface area contributed by atoms with Gasteiger partial charge in [0, 0.05) is 29.8 Å². The molecule has 8 nitrogen and oxygen atoms in total. The predicted octanol–water partition coefficient (Wildman–Crippen LogP) is 2.16. The molecule has 0 bridgehead atoms. The summed E-state index contributed by atoms with van der Waals surface area (Å²) in [6, 6.07) is 1.96. The third-order valence-electron chi connectivity index (χ3n) is 5.46. The molecule has 3 aromatic rings. The van der Waals surface area contributed by atoms with Gasteiger partial charge in [0.1, 0.15) is 11.3 Å². The number of nitrogens with zero attached hydrogens (tertiary/aromatic N) is 3. The monoisotopic (exact) mass is 381 g/mol. The van der Waals surface area contributed by atoms with Crippen LogP contribution in [-0.2, 0) is 17.6 Å². The molecule has 4 rings (SSSR count). The molecule has 146 valence electrons. The van der Waals surface area contributed by atoms with Gasteiger partial charge in [-0.1, -0.05) is 0 Å². The van der Waals surface area contributed by atoms with E-state index in [9.17, 15) is 9.59 Å². The van der Waals surface area contributed by atoms with Crippen LogP contribution in [0.1, 0.15) is 63.9 Å². The molecule has 3 aromatic heterocycles. The van der Waals surface area contributed by atoms with Crippen LogP contribution in [-0.4, -0.2) is 26.4 Å². The molecule has 1 aliphatic rings. The van der Waals surface area contributed by atoms with Crippen molar-refractivity contribution in [2.24, 2.45) is 5.73 Å². The number of amides is 2. The fourth-order valence-electron chi connectivity index (χ4n) is 3.99. The molecule has 1 aliphatic carbocycles. The summed E-state index contributed by atoms with van der Waals surface area (Å²) in [6.07, 6.45) is 6.87. The summed E-state index contributed by atoms with van der Waals surface area (Å²) < 4.78 is 7.10. The normalized spacial score (nSPS) is 16.1. The highest BCUT2D eigenvalue weighted by atomic mass is 16.3. The van der Waals surface area contributed by atoms with E-state index in [1.54, 1.807) is 10.8 Å². The van der Waals surface area contributed by atoms with Gasteiger partial charge in [-0.25, -0.2) is 9.50 Å². The average molecular weight is 381 g/mol. The first kappa shape index (κ1) is 18.2. The Kier molecular flexibility index (Phi) is 4.62. The molecule has 0 aliphatic heterocycles. The number of furan rings is 1. The van der Waals surface area contributed by atoms with Gasteiger partial charge < -0.3 is 15.5 Å². The second-order valence-electron chi connectivity index (χ2n) is 7.23. The number of nitrogens with one attached hydrogen (secondary N) is 1. The van der Waals surface area contributed by atoms with Crippen LogP contribution in [0.3, 0.4) is 0 Å². The lowest BCUT2D eigenvalue weighted by Crippen LogP contribution is -2.30. The Labute approximate surface area is 162 Å². The minimum atomic E-state index is -0.556. The van der Waals surface area contributed by atoms with Crippen LogP contribution in [0.25, 0.3) is 5.65 Å². The van der Waals surface area contributed by atoms with Crippen LogP contribution >= 0.6 is 0 Å². The van der Waals surface area contributed by atoms with E-state index in [0.29, 0.717) is 24.1 Å². The Morgan fingerprint density at radius 1 is 1.39 bits per heavy atom. The Hall–Kier alpha value is -3.16. The molecule has 0 saturated carbocycles. The van der Waals surface area contributed by atoms with Gasteiger partial charge in [-0.05, 0) is 44.7 Å². The Balaban J connectivity index is 1.49. The van der Waals surface area contributed by atoms with Crippen molar-refractivity contribution >= 4 is 17.5 Å². The van der Waals surface area contributed by atoms with Gasteiger partial charge in [-0.3, -0.25) is 9.59 Å². The molecule has 0 fully saturated rings. The lowest BCUT2D eigenvalue weighted by Gasteiger charge is -2.22. The zero-order valence-corrected chi connectivity index (χ0v) is 16.0. The first-order chi connectivity index (χ1) is 13.5. The molecule has 0 spiro atoms. The Bertz CT molecular complexity index is 1070. The van der Waals surface area contributed by atoms with Crippen molar-refractivity contribution in [1.82, 2.24) is 19.9 Å². The summed E-state index contributed by atoms with van der Waals surface area (Å²) in [5.74, 6) is 0.414. The number of nitrogens with two attached hydrogens (primary N) is 1. The lowest BCUT2D eigenvalue weighted by molar-refractivity contribution is -0.121. The van der Waals surface area contributed by atoms with Crippen molar-refractivity contribution < 1.29 is 14.0 Å². The topological polar surface area (TPSA) is 116 Å². The van der Waals surface area contributed by atoms with Crippen LogP contribution in [0.15, 0.2) is 22.9 Å². The fourth-order valence-corrected chi connectivity index (χ4v) is 3.99. The van der Waals surface area contributed by atoms with Crippen LogP contribution in [0.4, 0.5) is 0 Å². The fraction of sp³-hybridized carbons (Fsp3) is 0.400. The van der Waals surface area contributed by atoms with Gasteiger partial charge in [0.2, 0.25) is 5.91 Å². The maximum absolute atomic E-state index is 12.6. The van der Waals surface area contributed by atoms with E-state index in [2.05, 4.69) is 15.4 Å². The standard InChI is InChI=1S/C20H23N5O3/c1-11-13(12(2)25-20(23-11)15(10-22-25)19(21)27)6-7-18(26)24-16-4-3-5-17-14(16)8-9-28-17/h8-10,16H,3-7H2,1-2H3,(H2,21,27)(H,24,26). The van der Waals surface area contributed by atoms with Crippen LogP contribution in [0.5, 0.6) is 0 Å². The zero-order chi connectivity index (χ0) is 19.8. The Morgan fingerprint density at radius 2 is 2.21 bits per heavy atom. The molecular weight excluding hydrogens is 358 g/mol. The number of fused-ring (bicyclic) bond motifs is 2. The number of aromatic nitrogens is 3. The largest absolute Gasteiger partial charge is 0.469 e. The smallest absolute Gasteiger partial charge is 0.254 e. The Morgan fingerprint density at radius 3 is 3.00 bits per heavy atom. The summed E-state index contributed by atoms with van der Waals surface area (Å²) in [4.78, 5) is 28.6. The number of carbonyl (C=O) groups excluding carboxylic acids is 2. The molecular formula is C20H23N5O3. The van der Waals surface area contributed by atoms with Crippen molar-refractivity contribution in [3.05, 3.63) is 52.4 Å². The lowest BCUT2D eigenvalue weighted by atomic mass is 9.93. The van der Waals surface area contributed by atoms with Gasteiger partial charge in [0.15, 0.2) is 5.65 Å². The van der Waals surface area contributed by atoms with E-state index in [1.165, 1.54) is 6.20 Å². The maximum atomic E-state index is 12.6. The van der Waals surface area contributed by atoms with Crippen molar-refractivity contribution in [1.29, 1.82) is 0 Å². The second-order valence-corrected chi connectivity index (χ2v) is 7.23. The average Bonchev–Trinajstić information content (AvgIpc) is 3.28. The van der Waals surface area contributed by atoms with Crippen molar-refractivity contribution in [3.63, 3.8) is 0 Å². The second kappa shape index (κ2) is 7.10. The molecule has 1 atom stereocenters. The van der Waals surface area contributed by atoms with E-state index in [4.69, 9.17) is 10.2 Å². The van der Waals surface area contributed by atoms with Gasteiger partial charge in [0.25, 0.3) is 5.91 Å². The summed E-state index contributed by atoms with van der Waals surface area (Å²) in [5, 5.41) is 7.35. The van der Waals surface area contributed by atoms with E-state index >= 15 is 0 Å². The van der Waals surface area contributed by atoms with Gasteiger partial charge >= 0.3 is 0 Å². The zero-order valence-electron chi connectivity index (χ0n) is 16.0. The highest BCUT2D eigenvalue weighted by Gasteiger charge is 2.24. The molecule has 0 radical (unpaired) electrons. The number of primary amides is 1. The maximum Gasteiger partial charge on any atom is 0.254 e. The minimum absolute atomic E-state index is 0.00348. The summed E-state index contributed by atoms with van der Waals surface area (Å²) in [6.45, 7) is 3.78. The van der Waals surface area contributed by atoms with E-state index < -0.39 is 5.91 Å². The SMILES string of the molecule is Cc1nc2c(C(N)=O)cnn2c(C)c1CCC(=O)NC1CCCc2occc21. The van der Waals surface area contributed by atoms with E-state index in [1.807, 2.05) is 19.9 Å². The first-order valence-electron chi connectivity index (χ1n) is 9.45. The van der Waals surface area contributed by atoms with Crippen molar-refractivity contribution in [2.75, 3.05) is 0 Å². The van der Waals surface area contributed by atoms with Crippen molar-refractivity contribution in [2.45, 2.75) is 52.0 Å². The van der Waals surface area contributed by atoms with Crippen LogP contribution in [0.2, 0.25) is 0 Å². The summed E-state index contributed by atoms with van der Waals surface area (Å²) in [5.41, 5.74) is 9.80. The number of aryl methyl sites for hydroxylation is 3. The molecule has 0 saturated heterocycles. The number of hydrogen-bond acceptors (Lipinski definition) is 5. The highest BCUT2D eigenvalue weighted by molar-refractivity contribution is 5.98. The third-order valence-corrected chi connectivity index (χ3v) is 5.46. The third kappa shape index (κ3) is 3.15. The first-order valence-corrected chi connectivity index (χ1v) is 9.45. The molecule has 2 amide bonds. The minimum Gasteiger partial charge on any atom is -0.469 e. The van der Waals surface area contributed by atoms with Crippen molar-refractivity contribution in [3.8, 4) is 0 Å². The summed E-state index contributed by atoms with van der Waals surface area (Å²) in [7, 11) is 0. The number of rotatable bonds is 5. The predicted molar refractivity (Wildman–Crippen MR) is 102 cm³/mol. The summed E-state index contributed by atoms with van der Waals surface area (Å²) >= 11 is 0.